The number of hydrogen-bond acceptors (Lipinski definition) is 2. The predicted molar refractivity (Wildman–Crippen MR) is 69.6 cm³/mol. The van der Waals surface area contributed by atoms with Gasteiger partial charge in [0.2, 0.25) is 0 Å². The Morgan fingerprint density at radius 2 is 2.06 bits per heavy atom. The number of nitriles is 1. The van der Waals surface area contributed by atoms with Gasteiger partial charge in [0.15, 0.2) is 11.6 Å². The van der Waals surface area contributed by atoms with Crippen molar-refractivity contribution >= 4 is 15.9 Å². The first-order valence-corrected chi connectivity index (χ1v) is 6.05. The zero-order valence-corrected chi connectivity index (χ0v) is 10.9. The van der Waals surface area contributed by atoms with Gasteiger partial charge < -0.3 is 4.74 Å². The van der Waals surface area contributed by atoms with E-state index in [9.17, 15) is 4.39 Å². The molecular weight excluding hydrogens is 297 g/mol. The Balaban J connectivity index is 2.09. The molecule has 0 unspecified atom stereocenters. The predicted octanol–water partition coefficient (Wildman–Crippen LogP) is 4.04. The summed E-state index contributed by atoms with van der Waals surface area (Å²) in [5.41, 5.74) is 1.39. The molecule has 0 N–H and O–H groups in total. The molecule has 0 bridgehead atoms. The lowest BCUT2D eigenvalue weighted by Crippen LogP contribution is -1.97. The Labute approximate surface area is 113 Å². The van der Waals surface area contributed by atoms with Crippen LogP contribution in [-0.4, -0.2) is 0 Å². The quantitative estimate of drug-likeness (QED) is 0.857. The molecule has 0 aromatic heterocycles. The first kappa shape index (κ1) is 12.6. The number of nitrogens with zero attached hydrogens (tertiary/aromatic N) is 1. The van der Waals surface area contributed by atoms with E-state index in [-0.39, 0.29) is 12.4 Å². The highest BCUT2D eigenvalue weighted by atomic mass is 79.9. The first-order chi connectivity index (χ1) is 8.69. The monoisotopic (exact) mass is 305 g/mol. The summed E-state index contributed by atoms with van der Waals surface area (Å²) in [4.78, 5) is 0. The van der Waals surface area contributed by atoms with Gasteiger partial charge in [-0.15, -0.1) is 0 Å². The number of halogens is 2. The van der Waals surface area contributed by atoms with E-state index in [1.165, 1.54) is 6.07 Å². The molecule has 0 atom stereocenters. The normalized spacial score (nSPS) is 9.83. The van der Waals surface area contributed by atoms with Gasteiger partial charge >= 0.3 is 0 Å². The van der Waals surface area contributed by atoms with Gasteiger partial charge in [-0.3, -0.25) is 0 Å². The Bertz CT molecular complexity index is 607. The van der Waals surface area contributed by atoms with Crippen LogP contribution >= 0.6 is 15.9 Å². The molecule has 0 aliphatic carbocycles. The van der Waals surface area contributed by atoms with Crippen LogP contribution in [0.4, 0.5) is 4.39 Å². The zero-order chi connectivity index (χ0) is 13.0. The zero-order valence-electron chi connectivity index (χ0n) is 9.36. The summed E-state index contributed by atoms with van der Waals surface area (Å²) in [6.45, 7) is 0.230. The van der Waals surface area contributed by atoms with E-state index in [4.69, 9.17) is 10.00 Å². The lowest BCUT2D eigenvalue weighted by molar-refractivity contribution is 0.290. The molecule has 0 spiro atoms. The van der Waals surface area contributed by atoms with Crippen LogP contribution in [0.15, 0.2) is 46.9 Å². The Hall–Kier alpha value is -1.86. The first-order valence-electron chi connectivity index (χ1n) is 5.26. The van der Waals surface area contributed by atoms with E-state index >= 15 is 0 Å². The smallest absolute Gasteiger partial charge is 0.166 e. The maximum Gasteiger partial charge on any atom is 0.166 e. The summed E-state index contributed by atoms with van der Waals surface area (Å²) in [5, 5.41) is 8.77. The third-order valence-corrected chi connectivity index (χ3v) is 2.84. The van der Waals surface area contributed by atoms with Gasteiger partial charge in [0.25, 0.3) is 0 Å². The summed E-state index contributed by atoms with van der Waals surface area (Å²) < 4.78 is 19.5. The van der Waals surface area contributed by atoms with Gasteiger partial charge in [-0.25, -0.2) is 4.39 Å². The van der Waals surface area contributed by atoms with Crippen LogP contribution in [0.1, 0.15) is 11.1 Å². The highest BCUT2D eigenvalue weighted by Crippen LogP contribution is 2.22. The second kappa shape index (κ2) is 5.65. The maximum absolute atomic E-state index is 13.5. The molecule has 0 saturated carbocycles. The summed E-state index contributed by atoms with van der Waals surface area (Å²) in [6, 6.07) is 13.7. The van der Waals surface area contributed by atoms with E-state index < -0.39 is 5.82 Å². The second-order valence-corrected chi connectivity index (χ2v) is 4.59. The summed E-state index contributed by atoms with van der Waals surface area (Å²) >= 11 is 3.18. The number of rotatable bonds is 3. The van der Waals surface area contributed by atoms with Crippen molar-refractivity contribution in [2.24, 2.45) is 0 Å². The van der Waals surface area contributed by atoms with Crippen molar-refractivity contribution in [3.8, 4) is 11.8 Å². The highest BCUT2D eigenvalue weighted by molar-refractivity contribution is 9.10. The number of benzene rings is 2. The van der Waals surface area contributed by atoms with Gasteiger partial charge in [0, 0.05) is 4.47 Å². The Morgan fingerprint density at radius 1 is 1.22 bits per heavy atom. The standard InChI is InChI=1S/C14H9BrFNO/c15-12-4-5-14(13(16)7-12)18-9-11-3-1-2-10(6-11)8-17/h1-7H,9H2. The van der Waals surface area contributed by atoms with E-state index in [0.29, 0.717) is 10.0 Å². The fraction of sp³-hybridized carbons (Fsp3) is 0.0714. The average molecular weight is 306 g/mol. The third-order valence-electron chi connectivity index (χ3n) is 2.34. The van der Waals surface area contributed by atoms with Crippen molar-refractivity contribution in [3.63, 3.8) is 0 Å². The molecule has 2 nitrogen and oxygen atoms in total. The van der Waals surface area contributed by atoms with E-state index in [1.807, 2.05) is 12.1 Å². The molecule has 0 aliphatic heterocycles. The minimum Gasteiger partial charge on any atom is -0.486 e. The van der Waals surface area contributed by atoms with Gasteiger partial charge in [0.05, 0.1) is 11.6 Å². The molecule has 90 valence electrons. The number of hydrogen-bond donors (Lipinski definition) is 0. The summed E-state index contributed by atoms with van der Waals surface area (Å²) in [5.74, 6) is -0.221. The molecule has 0 saturated heterocycles. The lowest BCUT2D eigenvalue weighted by Gasteiger charge is -2.07. The highest BCUT2D eigenvalue weighted by Gasteiger charge is 2.04. The maximum atomic E-state index is 13.5. The molecule has 0 fully saturated rings. The van der Waals surface area contributed by atoms with Crippen molar-refractivity contribution in [2.75, 3.05) is 0 Å². The van der Waals surface area contributed by atoms with Crippen LogP contribution in [0, 0.1) is 17.1 Å². The van der Waals surface area contributed by atoms with Crippen LogP contribution in [0.25, 0.3) is 0 Å². The van der Waals surface area contributed by atoms with Crippen LogP contribution in [0.5, 0.6) is 5.75 Å². The molecule has 2 rings (SSSR count). The largest absolute Gasteiger partial charge is 0.486 e. The Morgan fingerprint density at radius 3 is 2.78 bits per heavy atom. The molecule has 0 heterocycles. The molecular formula is C14H9BrFNO. The molecule has 0 aliphatic rings. The minimum atomic E-state index is -0.416. The topological polar surface area (TPSA) is 33.0 Å². The van der Waals surface area contributed by atoms with Gasteiger partial charge in [0.1, 0.15) is 6.61 Å². The van der Waals surface area contributed by atoms with Crippen LogP contribution in [0.3, 0.4) is 0 Å². The average Bonchev–Trinajstić information content (AvgIpc) is 2.38. The minimum absolute atomic E-state index is 0.195. The van der Waals surface area contributed by atoms with Crippen molar-refractivity contribution < 1.29 is 9.13 Å². The Kier molecular flexibility index (Phi) is 3.96. The molecule has 0 radical (unpaired) electrons. The van der Waals surface area contributed by atoms with Crippen molar-refractivity contribution in [1.29, 1.82) is 5.26 Å². The third kappa shape index (κ3) is 3.08. The van der Waals surface area contributed by atoms with E-state index in [2.05, 4.69) is 15.9 Å². The van der Waals surface area contributed by atoms with Gasteiger partial charge in [-0.2, -0.15) is 5.26 Å². The lowest BCUT2D eigenvalue weighted by atomic mass is 10.1. The molecule has 4 heteroatoms. The van der Waals surface area contributed by atoms with Crippen molar-refractivity contribution in [3.05, 3.63) is 63.9 Å². The van der Waals surface area contributed by atoms with Gasteiger partial charge in [-0.05, 0) is 35.9 Å². The SMILES string of the molecule is N#Cc1cccc(COc2ccc(Br)cc2F)c1. The fourth-order valence-electron chi connectivity index (χ4n) is 1.48. The second-order valence-electron chi connectivity index (χ2n) is 3.68. The van der Waals surface area contributed by atoms with Crippen LogP contribution in [0.2, 0.25) is 0 Å². The van der Waals surface area contributed by atoms with Crippen molar-refractivity contribution in [1.82, 2.24) is 0 Å². The molecule has 2 aromatic rings. The van der Waals surface area contributed by atoms with Gasteiger partial charge in [-0.1, -0.05) is 28.1 Å². The van der Waals surface area contributed by atoms with Crippen molar-refractivity contribution in [2.45, 2.75) is 6.61 Å². The number of ether oxygens (including phenoxy) is 1. The summed E-state index contributed by atoms with van der Waals surface area (Å²) in [6.07, 6.45) is 0. The van der Waals surface area contributed by atoms with E-state index in [0.717, 1.165) is 5.56 Å². The van der Waals surface area contributed by atoms with Crippen LogP contribution < -0.4 is 4.74 Å². The summed E-state index contributed by atoms with van der Waals surface area (Å²) in [7, 11) is 0. The van der Waals surface area contributed by atoms with E-state index in [1.54, 1.807) is 30.3 Å². The van der Waals surface area contributed by atoms with Crippen LogP contribution in [-0.2, 0) is 6.61 Å². The molecule has 18 heavy (non-hydrogen) atoms. The fourth-order valence-corrected chi connectivity index (χ4v) is 1.82. The molecule has 2 aromatic carbocycles. The molecule has 0 amide bonds.